The molecule has 0 heterocycles. The van der Waals surface area contributed by atoms with Gasteiger partial charge in [0, 0.05) is 0 Å². The number of hydrogen-bond donors (Lipinski definition) is 1. The number of hydrogen-bond acceptors (Lipinski definition) is 3. The van der Waals surface area contributed by atoms with Crippen LogP contribution in [-0.4, -0.2) is 18.7 Å². The molecule has 0 aliphatic carbocycles. The van der Waals surface area contributed by atoms with E-state index in [1.54, 1.807) is 12.1 Å². The average molecular weight is 350 g/mol. The van der Waals surface area contributed by atoms with Crippen molar-refractivity contribution in [3.8, 4) is 5.75 Å². The SMILES string of the molecule is Cc1cc(C)cc(OCC(=O)N/N=C/c2cccc(C(F)(F)F)c2)c1. The number of benzene rings is 2. The highest BCUT2D eigenvalue weighted by atomic mass is 19.4. The van der Waals surface area contributed by atoms with E-state index in [2.05, 4.69) is 10.5 Å². The molecular weight excluding hydrogens is 333 g/mol. The fourth-order valence-electron chi connectivity index (χ4n) is 2.17. The Kier molecular flexibility index (Phi) is 5.80. The van der Waals surface area contributed by atoms with Crippen LogP contribution in [0.15, 0.2) is 47.6 Å². The first kappa shape index (κ1) is 18.5. The molecule has 0 fully saturated rings. The first-order chi connectivity index (χ1) is 11.7. The monoisotopic (exact) mass is 350 g/mol. The lowest BCUT2D eigenvalue weighted by Gasteiger charge is -2.07. The number of nitrogens with zero attached hydrogens (tertiary/aromatic N) is 1. The molecule has 0 radical (unpaired) electrons. The van der Waals surface area contributed by atoms with Crippen LogP contribution in [0.25, 0.3) is 0 Å². The Morgan fingerprint density at radius 1 is 1.16 bits per heavy atom. The Bertz CT molecular complexity index is 766. The largest absolute Gasteiger partial charge is 0.484 e. The molecule has 1 N–H and O–H groups in total. The molecule has 25 heavy (non-hydrogen) atoms. The molecule has 132 valence electrons. The number of nitrogens with one attached hydrogen (secondary N) is 1. The van der Waals surface area contributed by atoms with Crippen LogP contribution >= 0.6 is 0 Å². The summed E-state index contributed by atoms with van der Waals surface area (Å²) in [5, 5.41) is 3.64. The van der Waals surface area contributed by atoms with Crippen molar-refractivity contribution in [1.82, 2.24) is 5.43 Å². The third-order valence-electron chi connectivity index (χ3n) is 3.18. The second-order valence-electron chi connectivity index (χ2n) is 5.53. The molecule has 0 aliphatic heterocycles. The van der Waals surface area contributed by atoms with Gasteiger partial charge in [-0.2, -0.15) is 18.3 Å². The number of rotatable bonds is 5. The summed E-state index contributed by atoms with van der Waals surface area (Å²) in [4.78, 5) is 11.7. The van der Waals surface area contributed by atoms with Gasteiger partial charge in [-0.05, 0) is 54.8 Å². The maximum absolute atomic E-state index is 12.6. The first-order valence-electron chi connectivity index (χ1n) is 7.44. The molecule has 2 rings (SSSR count). The molecule has 0 bridgehead atoms. The third-order valence-corrected chi connectivity index (χ3v) is 3.18. The van der Waals surface area contributed by atoms with Crippen molar-refractivity contribution in [2.75, 3.05) is 6.61 Å². The van der Waals surface area contributed by atoms with Gasteiger partial charge in [0.15, 0.2) is 6.61 Å². The minimum Gasteiger partial charge on any atom is -0.484 e. The second-order valence-corrected chi connectivity index (χ2v) is 5.53. The van der Waals surface area contributed by atoms with Crippen LogP contribution in [0.5, 0.6) is 5.75 Å². The highest BCUT2D eigenvalue weighted by molar-refractivity contribution is 5.83. The minimum atomic E-state index is -4.42. The summed E-state index contributed by atoms with van der Waals surface area (Å²) in [7, 11) is 0. The van der Waals surface area contributed by atoms with Crippen molar-refractivity contribution in [2.24, 2.45) is 5.10 Å². The number of hydrazone groups is 1. The van der Waals surface area contributed by atoms with Crippen LogP contribution in [0.3, 0.4) is 0 Å². The molecule has 7 heteroatoms. The molecule has 0 unspecified atom stereocenters. The molecule has 4 nitrogen and oxygen atoms in total. The lowest BCUT2D eigenvalue weighted by atomic mass is 10.1. The van der Waals surface area contributed by atoms with Gasteiger partial charge in [0.25, 0.3) is 5.91 Å². The summed E-state index contributed by atoms with van der Waals surface area (Å²) in [5.41, 5.74) is 3.69. The Morgan fingerprint density at radius 3 is 2.48 bits per heavy atom. The fourth-order valence-corrected chi connectivity index (χ4v) is 2.17. The van der Waals surface area contributed by atoms with E-state index in [9.17, 15) is 18.0 Å². The Hall–Kier alpha value is -2.83. The van der Waals surface area contributed by atoms with Crippen LogP contribution in [0.1, 0.15) is 22.3 Å². The van der Waals surface area contributed by atoms with E-state index in [1.165, 1.54) is 12.1 Å². The zero-order valence-corrected chi connectivity index (χ0v) is 13.7. The van der Waals surface area contributed by atoms with Crippen LogP contribution in [0.4, 0.5) is 13.2 Å². The van der Waals surface area contributed by atoms with Gasteiger partial charge in [-0.3, -0.25) is 4.79 Å². The highest BCUT2D eigenvalue weighted by Gasteiger charge is 2.30. The van der Waals surface area contributed by atoms with Crippen LogP contribution < -0.4 is 10.2 Å². The molecule has 0 atom stereocenters. The number of ether oxygens (including phenoxy) is 1. The number of halogens is 3. The van der Waals surface area contributed by atoms with Crippen molar-refractivity contribution < 1.29 is 22.7 Å². The summed E-state index contributed by atoms with van der Waals surface area (Å²) >= 11 is 0. The lowest BCUT2D eigenvalue weighted by molar-refractivity contribution is -0.137. The van der Waals surface area contributed by atoms with E-state index < -0.39 is 17.6 Å². The molecular formula is C18H17F3N2O2. The fraction of sp³-hybridized carbons (Fsp3) is 0.222. The van der Waals surface area contributed by atoms with E-state index in [0.717, 1.165) is 29.5 Å². The molecule has 1 amide bonds. The summed E-state index contributed by atoms with van der Waals surface area (Å²) in [6, 6.07) is 10.2. The van der Waals surface area contributed by atoms with Gasteiger partial charge in [0.05, 0.1) is 11.8 Å². The van der Waals surface area contributed by atoms with Crippen LogP contribution in [0, 0.1) is 13.8 Å². The van der Waals surface area contributed by atoms with Gasteiger partial charge >= 0.3 is 6.18 Å². The highest BCUT2D eigenvalue weighted by Crippen LogP contribution is 2.29. The van der Waals surface area contributed by atoms with Gasteiger partial charge in [0.1, 0.15) is 5.75 Å². The predicted octanol–water partition coefficient (Wildman–Crippen LogP) is 3.85. The predicted molar refractivity (Wildman–Crippen MR) is 88.6 cm³/mol. The quantitative estimate of drug-likeness (QED) is 0.658. The smallest absolute Gasteiger partial charge is 0.416 e. The second kappa shape index (κ2) is 7.83. The van der Waals surface area contributed by atoms with Gasteiger partial charge in [-0.15, -0.1) is 0 Å². The topological polar surface area (TPSA) is 50.7 Å². The first-order valence-corrected chi connectivity index (χ1v) is 7.44. The molecule has 0 saturated carbocycles. The molecule has 2 aromatic carbocycles. The van der Waals surface area contributed by atoms with Crippen molar-refractivity contribution in [3.63, 3.8) is 0 Å². The number of amides is 1. The Labute approximate surface area is 143 Å². The van der Waals surface area contributed by atoms with Crippen LogP contribution in [-0.2, 0) is 11.0 Å². The zero-order chi connectivity index (χ0) is 18.4. The maximum Gasteiger partial charge on any atom is 0.416 e. The summed E-state index contributed by atoms with van der Waals surface area (Å²) in [6.07, 6.45) is -3.28. The molecule has 0 saturated heterocycles. The van der Waals surface area contributed by atoms with E-state index in [-0.39, 0.29) is 12.2 Å². The Morgan fingerprint density at radius 2 is 1.84 bits per heavy atom. The van der Waals surface area contributed by atoms with E-state index in [4.69, 9.17) is 4.74 Å². The van der Waals surface area contributed by atoms with Crippen molar-refractivity contribution in [2.45, 2.75) is 20.0 Å². The molecule has 0 aromatic heterocycles. The summed E-state index contributed by atoms with van der Waals surface area (Å²) in [5.74, 6) is 0.0527. The lowest BCUT2D eigenvalue weighted by Crippen LogP contribution is -2.24. The van der Waals surface area contributed by atoms with E-state index in [0.29, 0.717) is 5.75 Å². The number of carbonyl (C=O) groups is 1. The van der Waals surface area contributed by atoms with E-state index >= 15 is 0 Å². The standard InChI is InChI=1S/C18H17F3N2O2/c1-12-6-13(2)8-16(7-12)25-11-17(24)23-22-10-14-4-3-5-15(9-14)18(19,20)21/h3-10H,11H2,1-2H3,(H,23,24)/b22-10+. The van der Waals surface area contributed by atoms with Gasteiger partial charge in [-0.25, -0.2) is 5.43 Å². The van der Waals surface area contributed by atoms with Crippen LogP contribution in [0.2, 0.25) is 0 Å². The minimum absolute atomic E-state index is 0.227. The third kappa shape index (κ3) is 5.95. The molecule has 0 aliphatic rings. The van der Waals surface area contributed by atoms with Crippen molar-refractivity contribution in [1.29, 1.82) is 0 Å². The normalized spacial score (nSPS) is 11.6. The molecule has 2 aromatic rings. The summed E-state index contributed by atoms with van der Waals surface area (Å²) < 4.78 is 43.2. The number of aryl methyl sites for hydroxylation is 2. The summed E-state index contributed by atoms with van der Waals surface area (Å²) in [6.45, 7) is 3.58. The van der Waals surface area contributed by atoms with Crippen molar-refractivity contribution >= 4 is 12.1 Å². The zero-order valence-electron chi connectivity index (χ0n) is 13.7. The Balaban J connectivity index is 1.88. The molecule has 0 spiro atoms. The number of alkyl halides is 3. The van der Waals surface area contributed by atoms with E-state index in [1.807, 2.05) is 19.9 Å². The van der Waals surface area contributed by atoms with Crippen molar-refractivity contribution in [3.05, 3.63) is 64.7 Å². The van der Waals surface area contributed by atoms with Gasteiger partial charge in [-0.1, -0.05) is 18.2 Å². The van der Waals surface area contributed by atoms with Gasteiger partial charge < -0.3 is 4.74 Å². The average Bonchev–Trinajstić information content (AvgIpc) is 2.51. The number of carbonyl (C=O) groups excluding carboxylic acids is 1. The maximum atomic E-state index is 12.6. The van der Waals surface area contributed by atoms with Gasteiger partial charge in [0.2, 0.25) is 0 Å².